The second-order valence-corrected chi connectivity index (χ2v) is 3.69. The molecule has 0 unspecified atom stereocenters. The lowest BCUT2D eigenvalue weighted by molar-refractivity contribution is 0.506. The molecular formula is C12H12F2N2. The van der Waals surface area contributed by atoms with E-state index in [9.17, 15) is 8.78 Å². The van der Waals surface area contributed by atoms with Gasteiger partial charge in [0.15, 0.2) is 11.6 Å². The van der Waals surface area contributed by atoms with Gasteiger partial charge < -0.3 is 4.90 Å². The Morgan fingerprint density at radius 2 is 2.06 bits per heavy atom. The third kappa shape index (κ3) is 2.37. The molecule has 0 heterocycles. The van der Waals surface area contributed by atoms with Gasteiger partial charge in [0.2, 0.25) is 0 Å². The van der Waals surface area contributed by atoms with Crippen molar-refractivity contribution in [3.8, 4) is 6.07 Å². The van der Waals surface area contributed by atoms with Gasteiger partial charge in [-0.2, -0.15) is 5.26 Å². The van der Waals surface area contributed by atoms with Crippen LogP contribution in [-0.2, 0) is 0 Å². The molecule has 0 aliphatic carbocycles. The smallest absolute Gasteiger partial charge is 0.183 e. The fourth-order valence-electron chi connectivity index (χ4n) is 1.41. The largest absolute Gasteiger partial charge is 0.368 e. The van der Waals surface area contributed by atoms with Gasteiger partial charge in [0.25, 0.3) is 0 Å². The highest BCUT2D eigenvalue weighted by Gasteiger charge is 2.15. The first-order valence-electron chi connectivity index (χ1n) is 4.71. The number of hydrogen-bond acceptors (Lipinski definition) is 2. The third-order valence-corrected chi connectivity index (χ3v) is 2.10. The number of rotatable bonds is 3. The van der Waals surface area contributed by atoms with E-state index in [1.54, 1.807) is 24.9 Å². The van der Waals surface area contributed by atoms with E-state index in [4.69, 9.17) is 5.26 Å². The van der Waals surface area contributed by atoms with Crippen LogP contribution >= 0.6 is 0 Å². The van der Waals surface area contributed by atoms with Crippen LogP contribution in [0.25, 0.3) is 0 Å². The molecule has 0 radical (unpaired) electrons. The summed E-state index contributed by atoms with van der Waals surface area (Å²) in [5.74, 6) is -2.10. The highest BCUT2D eigenvalue weighted by Crippen LogP contribution is 2.23. The van der Waals surface area contributed by atoms with Crippen LogP contribution < -0.4 is 4.90 Å². The van der Waals surface area contributed by atoms with E-state index in [2.05, 4.69) is 6.58 Å². The molecule has 2 nitrogen and oxygen atoms in total. The van der Waals surface area contributed by atoms with Crippen molar-refractivity contribution in [1.29, 1.82) is 5.26 Å². The van der Waals surface area contributed by atoms with Gasteiger partial charge in [-0.15, -0.1) is 0 Å². The van der Waals surface area contributed by atoms with Gasteiger partial charge in [-0.1, -0.05) is 12.2 Å². The van der Waals surface area contributed by atoms with Crippen molar-refractivity contribution in [2.45, 2.75) is 6.92 Å². The second-order valence-electron chi connectivity index (χ2n) is 3.69. The monoisotopic (exact) mass is 222 g/mol. The number of halogens is 2. The Morgan fingerprint density at radius 3 is 2.56 bits per heavy atom. The molecular weight excluding hydrogens is 210 g/mol. The summed E-state index contributed by atoms with van der Waals surface area (Å²) in [6.45, 7) is 5.93. The summed E-state index contributed by atoms with van der Waals surface area (Å²) in [5.41, 5.74) is 0.677. The molecule has 0 N–H and O–H groups in total. The molecule has 0 aliphatic rings. The van der Waals surface area contributed by atoms with Crippen LogP contribution in [0.1, 0.15) is 12.5 Å². The summed E-state index contributed by atoms with van der Waals surface area (Å²) in [6, 6.07) is 4.25. The van der Waals surface area contributed by atoms with Crippen LogP contribution in [0.15, 0.2) is 24.3 Å². The van der Waals surface area contributed by atoms with Crippen LogP contribution in [0.3, 0.4) is 0 Å². The van der Waals surface area contributed by atoms with E-state index in [1.807, 2.05) is 0 Å². The zero-order valence-corrected chi connectivity index (χ0v) is 9.22. The standard InChI is InChI=1S/C12H12F2N2/c1-8(2)7-16(3)10-5-4-9(6-15)11(13)12(10)14/h4-5H,1,7H2,2-3H3. The summed E-state index contributed by atoms with van der Waals surface area (Å²) in [5, 5.41) is 8.53. The number of likely N-dealkylation sites (N-methyl/N-ethyl adjacent to an activating group) is 1. The Kier molecular flexibility index (Phi) is 3.62. The van der Waals surface area contributed by atoms with Crippen LogP contribution in [-0.4, -0.2) is 13.6 Å². The van der Waals surface area contributed by atoms with Crippen molar-refractivity contribution in [3.63, 3.8) is 0 Å². The normalized spacial score (nSPS) is 9.69. The summed E-state index contributed by atoms with van der Waals surface area (Å²) in [7, 11) is 1.64. The van der Waals surface area contributed by atoms with E-state index in [-0.39, 0.29) is 11.3 Å². The van der Waals surface area contributed by atoms with E-state index in [1.165, 1.54) is 12.1 Å². The summed E-state index contributed by atoms with van der Waals surface area (Å²) < 4.78 is 26.9. The molecule has 0 fully saturated rings. The van der Waals surface area contributed by atoms with Gasteiger partial charge in [0.1, 0.15) is 6.07 Å². The Morgan fingerprint density at radius 1 is 1.44 bits per heavy atom. The van der Waals surface area contributed by atoms with Crippen LogP contribution in [0.2, 0.25) is 0 Å². The summed E-state index contributed by atoms with van der Waals surface area (Å²) >= 11 is 0. The van der Waals surface area contributed by atoms with E-state index >= 15 is 0 Å². The predicted molar refractivity (Wildman–Crippen MR) is 59.2 cm³/mol. The number of nitrogens with zero attached hydrogens (tertiary/aromatic N) is 2. The number of benzene rings is 1. The van der Waals surface area contributed by atoms with Crippen molar-refractivity contribution in [3.05, 3.63) is 41.5 Å². The minimum atomic E-state index is -1.10. The Hall–Kier alpha value is -1.89. The number of hydrogen-bond donors (Lipinski definition) is 0. The van der Waals surface area contributed by atoms with E-state index in [0.29, 0.717) is 6.54 Å². The molecule has 0 saturated heterocycles. The lowest BCUT2D eigenvalue weighted by atomic mass is 10.2. The average Bonchev–Trinajstić information content (AvgIpc) is 2.20. The van der Waals surface area contributed by atoms with Gasteiger partial charge >= 0.3 is 0 Å². The lowest BCUT2D eigenvalue weighted by Gasteiger charge is -2.20. The zero-order valence-electron chi connectivity index (χ0n) is 9.22. The van der Waals surface area contributed by atoms with Crippen molar-refractivity contribution < 1.29 is 8.78 Å². The highest BCUT2D eigenvalue weighted by molar-refractivity contribution is 5.52. The van der Waals surface area contributed by atoms with E-state index in [0.717, 1.165) is 5.57 Å². The molecule has 4 heteroatoms. The number of nitriles is 1. The highest BCUT2D eigenvalue weighted by atomic mass is 19.2. The minimum absolute atomic E-state index is 0.125. The first-order chi connectivity index (χ1) is 7.47. The summed E-state index contributed by atoms with van der Waals surface area (Å²) in [6.07, 6.45) is 0. The third-order valence-electron chi connectivity index (χ3n) is 2.10. The Bertz CT molecular complexity index is 461. The lowest BCUT2D eigenvalue weighted by Crippen LogP contribution is -2.20. The van der Waals surface area contributed by atoms with E-state index < -0.39 is 11.6 Å². The molecule has 84 valence electrons. The van der Waals surface area contributed by atoms with Crippen molar-refractivity contribution in [2.75, 3.05) is 18.5 Å². The predicted octanol–water partition coefficient (Wildman–Crippen LogP) is 2.85. The molecule has 0 amide bonds. The maximum absolute atomic E-state index is 13.6. The van der Waals surface area contributed by atoms with Gasteiger partial charge in [0.05, 0.1) is 11.3 Å². The first-order valence-corrected chi connectivity index (χ1v) is 4.71. The number of anilines is 1. The molecule has 16 heavy (non-hydrogen) atoms. The fraction of sp³-hybridized carbons (Fsp3) is 0.250. The van der Waals surface area contributed by atoms with Gasteiger partial charge in [-0.3, -0.25) is 0 Å². The Labute approximate surface area is 93.4 Å². The molecule has 0 bridgehead atoms. The Balaban J connectivity index is 3.13. The van der Waals surface area contributed by atoms with Gasteiger partial charge in [-0.05, 0) is 19.1 Å². The van der Waals surface area contributed by atoms with Crippen LogP contribution in [0, 0.1) is 23.0 Å². The second kappa shape index (κ2) is 4.75. The maximum Gasteiger partial charge on any atom is 0.183 e. The molecule has 0 aliphatic heterocycles. The van der Waals surface area contributed by atoms with Crippen molar-refractivity contribution >= 4 is 5.69 Å². The summed E-state index contributed by atoms with van der Waals surface area (Å²) in [4.78, 5) is 1.54. The molecule has 0 atom stereocenters. The SMILES string of the molecule is C=C(C)CN(C)c1ccc(C#N)c(F)c1F. The average molecular weight is 222 g/mol. The maximum atomic E-state index is 13.6. The minimum Gasteiger partial charge on any atom is -0.368 e. The molecule has 0 aromatic heterocycles. The molecule has 1 aromatic carbocycles. The quantitative estimate of drug-likeness (QED) is 0.735. The molecule has 0 spiro atoms. The van der Waals surface area contributed by atoms with Crippen molar-refractivity contribution in [1.82, 2.24) is 0 Å². The zero-order chi connectivity index (χ0) is 12.3. The topological polar surface area (TPSA) is 27.0 Å². The first kappa shape index (κ1) is 12.2. The molecule has 0 saturated carbocycles. The van der Waals surface area contributed by atoms with Gasteiger partial charge in [0, 0.05) is 13.6 Å². The molecule has 1 aromatic rings. The molecule has 1 rings (SSSR count). The fourth-order valence-corrected chi connectivity index (χ4v) is 1.41. The van der Waals surface area contributed by atoms with Crippen molar-refractivity contribution in [2.24, 2.45) is 0 Å². The van der Waals surface area contributed by atoms with Crippen LogP contribution in [0.4, 0.5) is 14.5 Å². The van der Waals surface area contributed by atoms with Gasteiger partial charge in [-0.25, -0.2) is 8.78 Å². The van der Waals surface area contributed by atoms with Crippen LogP contribution in [0.5, 0.6) is 0 Å².